The zero-order valence-electron chi connectivity index (χ0n) is 18.6. The van der Waals surface area contributed by atoms with Crippen LogP contribution in [-0.2, 0) is 6.18 Å². The second-order valence-electron chi connectivity index (χ2n) is 8.64. The maximum absolute atomic E-state index is 12.9. The molecule has 0 bridgehead atoms. The Labute approximate surface area is 200 Å². The molecule has 8 heteroatoms. The third-order valence-corrected chi connectivity index (χ3v) is 6.17. The molecule has 1 unspecified atom stereocenters. The Morgan fingerprint density at radius 2 is 1.74 bits per heavy atom. The third-order valence-electron chi connectivity index (χ3n) is 5.76. The first-order valence-electron chi connectivity index (χ1n) is 10.8. The number of primary amides is 1. The summed E-state index contributed by atoms with van der Waals surface area (Å²) >= 11 is 6.71. The highest BCUT2D eigenvalue weighted by Gasteiger charge is 2.30. The molecule has 0 aliphatic heterocycles. The molecule has 0 radical (unpaired) electrons. The van der Waals surface area contributed by atoms with Gasteiger partial charge in [-0.15, -0.1) is 0 Å². The highest BCUT2D eigenvalue weighted by molar-refractivity contribution is 6.38. The molecule has 2 N–H and O–H groups in total. The second-order valence-corrected chi connectivity index (χ2v) is 9.02. The van der Waals surface area contributed by atoms with Crippen LogP contribution in [0.2, 0.25) is 5.02 Å². The number of nitrogens with zero attached hydrogens (tertiary/aromatic N) is 2. The minimum atomic E-state index is -4.40. The zero-order valence-corrected chi connectivity index (χ0v) is 19.4. The Morgan fingerprint density at radius 3 is 2.35 bits per heavy atom. The van der Waals surface area contributed by atoms with Gasteiger partial charge in [0.15, 0.2) is 0 Å². The second kappa shape index (κ2) is 9.14. The Kier molecular flexibility index (Phi) is 6.41. The summed E-state index contributed by atoms with van der Waals surface area (Å²) in [4.78, 5) is 12.1. The number of rotatable bonds is 6. The minimum absolute atomic E-state index is 0.248. The van der Waals surface area contributed by atoms with Gasteiger partial charge in [-0.1, -0.05) is 61.8 Å². The summed E-state index contributed by atoms with van der Waals surface area (Å²) in [6, 6.07) is 15.4. The van der Waals surface area contributed by atoms with Crippen molar-refractivity contribution < 1.29 is 18.0 Å². The average Bonchev–Trinajstić information content (AvgIpc) is 3.22. The van der Waals surface area contributed by atoms with Crippen LogP contribution >= 0.6 is 11.6 Å². The summed E-state index contributed by atoms with van der Waals surface area (Å²) in [5, 5.41) is 5.79. The van der Waals surface area contributed by atoms with Gasteiger partial charge in [-0.05, 0) is 47.7 Å². The van der Waals surface area contributed by atoms with Crippen molar-refractivity contribution in [1.82, 2.24) is 9.78 Å². The van der Waals surface area contributed by atoms with E-state index in [1.54, 1.807) is 28.9 Å². The van der Waals surface area contributed by atoms with Gasteiger partial charge in [0.25, 0.3) is 0 Å². The van der Waals surface area contributed by atoms with E-state index in [1.807, 2.05) is 18.3 Å². The minimum Gasteiger partial charge on any atom is -0.366 e. The normalized spacial score (nSPS) is 12.9. The number of benzene rings is 3. The van der Waals surface area contributed by atoms with Crippen molar-refractivity contribution in [3.63, 3.8) is 0 Å². The van der Waals surface area contributed by atoms with Crippen LogP contribution in [0, 0.1) is 5.92 Å². The summed E-state index contributed by atoms with van der Waals surface area (Å²) in [6.07, 6.45) is -1.88. The molecule has 0 saturated heterocycles. The number of hydrogen-bond acceptors (Lipinski definition) is 2. The lowest BCUT2D eigenvalue weighted by Crippen LogP contribution is -2.20. The Balaban J connectivity index is 1.80. The molecule has 3 aromatic carbocycles. The van der Waals surface area contributed by atoms with Gasteiger partial charge in [-0.2, -0.15) is 18.3 Å². The number of fused-ring (bicyclic) bond motifs is 1. The van der Waals surface area contributed by atoms with Gasteiger partial charge in [0.05, 0.1) is 22.1 Å². The number of halogens is 4. The maximum atomic E-state index is 12.9. The zero-order chi connectivity index (χ0) is 24.6. The Bertz CT molecular complexity index is 1340. The van der Waals surface area contributed by atoms with Crippen LogP contribution in [0.15, 0.2) is 66.9 Å². The van der Waals surface area contributed by atoms with E-state index in [1.165, 1.54) is 12.1 Å². The predicted octanol–water partition coefficient (Wildman–Crippen LogP) is 7.11. The summed E-state index contributed by atoms with van der Waals surface area (Å²) in [6.45, 7) is 4.16. The van der Waals surface area contributed by atoms with Crippen LogP contribution in [0.4, 0.5) is 13.2 Å². The van der Waals surface area contributed by atoms with Crippen LogP contribution in [0.3, 0.4) is 0 Å². The van der Waals surface area contributed by atoms with Crippen molar-refractivity contribution in [3.8, 4) is 11.1 Å². The van der Waals surface area contributed by atoms with Gasteiger partial charge in [0.2, 0.25) is 5.91 Å². The quantitative estimate of drug-likeness (QED) is 0.316. The average molecular weight is 486 g/mol. The lowest BCUT2D eigenvalue weighted by atomic mass is 9.93. The molecule has 0 spiro atoms. The fourth-order valence-electron chi connectivity index (χ4n) is 4.14. The first-order valence-corrected chi connectivity index (χ1v) is 11.2. The van der Waals surface area contributed by atoms with Crippen LogP contribution < -0.4 is 5.73 Å². The Morgan fingerprint density at radius 1 is 1.06 bits per heavy atom. The fourth-order valence-corrected chi connectivity index (χ4v) is 4.45. The van der Waals surface area contributed by atoms with Crippen LogP contribution in [0.5, 0.6) is 0 Å². The molecule has 4 nitrogen and oxygen atoms in total. The molecule has 1 heterocycles. The van der Waals surface area contributed by atoms with Crippen molar-refractivity contribution in [1.29, 1.82) is 0 Å². The SMILES string of the molecule is CC(C)CC(c1ccccc1C(N)=O)n1cc2c(Cl)c(-c3ccc(C(F)(F)F)cc3)ccc2n1. The molecule has 1 aromatic heterocycles. The van der Waals surface area contributed by atoms with Gasteiger partial charge in [-0.3, -0.25) is 9.48 Å². The van der Waals surface area contributed by atoms with Crippen molar-refractivity contribution in [3.05, 3.63) is 88.6 Å². The van der Waals surface area contributed by atoms with Crippen molar-refractivity contribution in [2.75, 3.05) is 0 Å². The van der Waals surface area contributed by atoms with E-state index >= 15 is 0 Å². The van der Waals surface area contributed by atoms with E-state index in [0.717, 1.165) is 17.7 Å². The molecule has 1 atom stereocenters. The monoisotopic (exact) mass is 485 g/mol. The lowest BCUT2D eigenvalue weighted by Gasteiger charge is -2.22. The summed E-state index contributed by atoms with van der Waals surface area (Å²) < 4.78 is 40.6. The van der Waals surface area contributed by atoms with Crippen molar-refractivity contribution in [2.24, 2.45) is 11.7 Å². The maximum Gasteiger partial charge on any atom is 0.416 e. The largest absolute Gasteiger partial charge is 0.416 e. The molecule has 0 aliphatic carbocycles. The summed E-state index contributed by atoms with van der Waals surface area (Å²) in [7, 11) is 0. The molecule has 0 saturated carbocycles. The topological polar surface area (TPSA) is 60.9 Å². The highest BCUT2D eigenvalue weighted by Crippen LogP contribution is 2.37. The van der Waals surface area contributed by atoms with Gasteiger partial charge < -0.3 is 5.73 Å². The number of aromatic nitrogens is 2. The van der Waals surface area contributed by atoms with Crippen molar-refractivity contribution in [2.45, 2.75) is 32.5 Å². The van der Waals surface area contributed by atoms with Crippen LogP contribution in [-0.4, -0.2) is 15.7 Å². The van der Waals surface area contributed by atoms with E-state index in [9.17, 15) is 18.0 Å². The standard InChI is InChI=1S/C26H23ClF3N3O/c1-15(2)13-23(19-5-3-4-6-20(19)25(31)34)33-14-21-22(32-33)12-11-18(24(21)27)16-7-9-17(10-8-16)26(28,29)30/h3-12,14-15,23H,13H2,1-2H3,(H2,31,34). The number of nitrogens with two attached hydrogens (primary N) is 1. The molecule has 176 valence electrons. The number of carbonyl (C=O) groups is 1. The highest BCUT2D eigenvalue weighted by atomic mass is 35.5. The van der Waals surface area contributed by atoms with Crippen LogP contribution in [0.25, 0.3) is 22.0 Å². The Hall–Kier alpha value is -3.32. The molecule has 34 heavy (non-hydrogen) atoms. The van der Waals surface area contributed by atoms with Crippen molar-refractivity contribution >= 4 is 28.4 Å². The first-order chi connectivity index (χ1) is 16.1. The molecule has 1 amide bonds. The molecule has 0 aliphatic rings. The lowest BCUT2D eigenvalue weighted by molar-refractivity contribution is -0.137. The van der Waals surface area contributed by atoms with Gasteiger partial charge >= 0.3 is 6.18 Å². The number of carbonyl (C=O) groups excluding carboxylic acids is 1. The molecule has 4 aromatic rings. The van der Waals surface area contributed by atoms with Crippen LogP contribution in [0.1, 0.15) is 47.8 Å². The van der Waals surface area contributed by atoms with E-state index < -0.39 is 17.6 Å². The number of amides is 1. The van der Waals surface area contributed by atoms with Gasteiger partial charge in [0, 0.05) is 22.7 Å². The molecule has 4 rings (SSSR count). The van der Waals surface area contributed by atoms with E-state index in [0.29, 0.717) is 45.0 Å². The third kappa shape index (κ3) is 4.66. The number of hydrogen-bond donors (Lipinski definition) is 1. The predicted molar refractivity (Wildman–Crippen MR) is 128 cm³/mol. The smallest absolute Gasteiger partial charge is 0.366 e. The summed E-state index contributed by atoms with van der Waals surface area (Å²) in [5.41, 5.74) is 7.94. The molecule has 0 fully saturated rings. The van der Waals surface area contributed by atoms with Gasteiger partial charge in [-0.25, -0.2) is 0 Å². The number of alkyl halides is 3. The first kappa shape index (κ1) is 23.8. The van der Waals surface area contributed by atoms with E-state index in [-0.39, 0.29) is 6.04 Å². The molecular weight excluding hydrogens is 463 g/mol. The van der Waals surface area contributed by atoms with E-state index in [2.05, 4.69) is 13.8 Å². The fraction of sp³-hybridized carbons (Fsp3) is 0.231. The summed E-state index contributed by atoms with van der Waals surface area (Å²) in [5.74, 6) is -0.208. The molecular formula is C26H23ClF3N3O. The van der Waals surface area contributed by atoms with E-state index in [4.69, 9.17) is 22.4 Å². The van der Waals surface area contributed by atoms with Gasteiger partial charge in [0.1, 0.15) is 0 Å².